The normalized spacial score (nSPS) is 22.7. The van der Waals surface area contributed by atoms with Gasteiger partial charge in [-0.2, -0.15) is 0 Å². The van der Waals surface area contributed by atoms with Gasteiger partial charge in [-0.3, -0.25) is 4.48 Å². The van der Waals surface area contributed by atoms with Crippen molar-refractivity contribution in [3.63, 3.8) is 0 Å². The highest BCUT2D eigenvalue weighted by molar-refractivity contribution is 5.60. The maximum Gasteiger partial charge on any atom is 0.189 e. The summed E-state index contributed by atoms with van der Waals surface area (Å²) in [6.45, 7) is 8.24. The number of aliphatic hydroxyl groups excluding tert-OH is 1. The Balaban J connectivity index is 1.90. The minimum atomic E-state index is -0.316. The van der Waals surface area contributed by atoms with E-state index in [-0.39, 0.29) is 12.4 Å². The first-order valence-corrected chi connectivity index (χ1v) is 12.9. The molecule has 0 aromatic rings. The molecule has 3 nitrogen and oxygen atoms in total. The van der Waals surface area contributed by atoms with Crippen LogP contribution >= 0.6 is 0 Å². The Hall–Kier alpha value is -0.670. The Morgan fingerprint density at radius 1 is 0.862 bits per heavy atom. The van der Waals surface area contributed by atoms with Crippen molar-refractivity contribution in [2.75, 3.05) is 13.1 Å². The molecule has 1 aliphatic heterocycles. The molecular formula is C26H51N2O+. The molecule has 1 N–H and O–H groups in total. The number of unbranched alkanes of at least 4 members (excludes halogenated alkanes) is 13. The van der Waals surface area contributed by atoms with Gasteiger partial charge in [-0.15, -0.1) is 0 Å². The topological polar surface area (TPSA) is 32.6 Å². The van der Waals surface area contributed by atoms with Crippen molar-refractivity contribution in [1.82, 2.24) is 0 Å². The van der Waals surface area contributed by atoms with E-state index in [1.54, 1.807) is 0 Å². The highest BCUT2D eigenvalue weighted by Crippen LogP contribution is 2.26. The van der Waals surface area contributed by atoms with Crippen molar-refractivity contribution >= 4 is 6.21 Å². The molecule has 0 aliphatic carbocycles. The van der Waals surface area contributed by atoms with Gasteiger partial charge in [0.1, 0.15) is 6.54 Å². The SMILES string of the molecule is CCCCCCCCCCC/C=C/CCCCCCC1N=CC[N+]1(CC)C(C)O. The molecule has 0 fully saturated rings. The van der Waals surface area contributed by atoms with Crippen LogP contribution in [0.25, 0.3) is 0 Å². The molecule has 0 radical (unpaired) electrons. The van der Waals surface area contributed by atoms with E-state index in [1.165, 1.54) is 96.3 Å². The summed E-state index contributed by atoms with van der Waals surface area (Å²) < 4.78 is 0.738. The lowest BCUT2D eigenvalue weighted by Gasteiger charge is -2.40. The van der Waals surface area contributed by atoms with E-state index in [0.29, 0.717) is 0 Å². The zero-order valence-electron chi connectivity index (χ0n) is 20.0. The summed E-state index contributed by atoms with van der Waals surface area (Å²) in [4.78, 5) is 4.67. The van der Waals surface area contributed by atoms with Crippen LogP contribution in [0.15, 0.2) is 17.1 Å². The van der Waals surface area contributed by atoms with E-state index in [4.69, 9.17) is 0 Å². The second-order valence-electron chi connectivity index (χ2n) is 9.13. The highest BCUT2D eigenvalue weighted by atomic mass is 16.3. The molecule has 0 aromatic carbocycles. The Morgan fingerprint density at radius 3 is 1.90 bits per heavy atom. The third-order valence-corrected chi connectivity index (χ3v) is 6.85. The van der Waals surface area contributed by atoms with Crippen molar-refractivity contribution in [1.29, 1.82) is 0 Å². The number of rotatable bonds is 19. The Morgan fingerprint density at radius 2 is 1.38 bits per heavy atom. The summed E-state index contributed by atoms with van der Waals surface area (Å²) in [5.74, 6) is 0. The second kappa shape index (κ2) is 17.1. The molecule has 1 rings (SSSR count). The number of nitrogens with zero attached hydrogens (tertiary/aromatic N) is 2. The van der Waals surface area contributed by atoms with Crippen molar-refractivity contribution in [3.8, 4) is 0 Å². The van der Waals surface area contributed by atoms with Crippen LogP contribution < -0.4 is 0 Å². The Kier molecular flexibility index (Phi) is 15.5. The fraction of sp³-hybridized carbons (Fsp3) is 0.885. The molecule has 29 heavy (non-hydrogen) atoms. The Labute approximate surface area is 182 Å². The van der Waals surface area contributed by atoms with Gasteiger partial charge in [0.2, 0.25) is 0 Å². The average molecular weight is 408 g/mol. The van der Waals surface area contributed by atoms with Gasteiger partial charge in [-0.1, -0.05) is 83.3 Å². The van der Waals surface area contributed by atoms with E-state index in [2.05, 4.69) is 31.0 Å². The molecule has 170 valence electrons. The maximum atomic E-state index is 10.2. The number of aliphatic imine (C=N–C) groups is 1. The lowest BCUT2D eigenvalue weighted by molar-refractivity contribution is -0.976. The van der Waals surface area contributed by atoms with E-state index in [0.717, 1.165) is 24.0 Å². The third kappa shape index (κ3) is 10.8. The van der Waals surface area contributed by atoms with Gasteiger partial charge in [0, 0.05) is 13.3 Å². The van der Waals surface area contributed by atoms with Crippen LogP contribution in [-0.2, 0) is 0 Å². The number of hydrogen-bond acceptors (Lipinski definition) is 2. The molecule has 0 aromatic heterocycles. The van der Waals surface area contributed by atoms with Crippen LogP contribution in [-0.4, -0.2) is 41.3 Å². The summed E-state index contributed by atoms with van der Waals surface area (Å²) in [5, 5.41) is 10.2. The predicted molar refractivity (Wildman–Crippen MR) is 128 cm³/mol. The molecular weight excluding hydrogens is 356 g/mol. The summed E-state index contributed by atoms with van der Waals surface area (Å²) in [5.41, 5.74) is 0. The third-order valence-electron chi connectivity index (χ3n) is 6.85. The van der Waals surface area contributed by atoms with Gasteiger partial charge in [-0.05, 0) is 39.0 Å². The molecule has 3 heteroatoms. The minimum Gasteiger partial charge on any atom is -0.345 e. The predicted octanol–water partition coefficient (Wildman–Crippen LogP) is 7.39. The fourth-order valence-electron chi connectivity index (χ4n) is 4.66. The van der Waals surface area contributed by atoms with Gasteiger partial charge in [-0.25, -0.2) is 4.99 Å². The first kappa shape index (κ1) is 26.4. The van der Waals surface area contributed by atoms with Crippen LogP contribution in [0.3, 0.4) is 0 Å². The molecule has 0 saturated carbocycles. The van der Waals surface area contributed by atoms with Gasteiger partial charge in [0.25, 0.3) is 0 Å². The van der Waals surface area contributed by atoms with Gasteiger partial charge in [0.15, 0.2) is 12.4 Å². The van der Waals surface area contributed by atoms with Crippen LogP contribution in [0.5, 0.6) is 0 Å². The average Bonchev–Trinajstić information content (AvgIpc) is 3.14. The molecule has 0 saturated heterocycles. The lowest BCUT2D eigenvalue weighted by atomic mass is 10.1. The van der Waals surface area contributed by atoms with Crippen LogP contribution in [0.1, 0.15) is 124 Å². The number of allylic oxidation sites excluding steroid dienone is 2. The molecule has 0 bridgehead atoms. The lowest BCUT2D eigenvalue weighted by Crippen LogP contribution is -2.57. The molecule has 0 amide bonds. The summed E-state index contributed by atoms with van der Waals surface area (Å²) >= 11 is 0. The van der Waals surface area contributed by atoms with Crippen molar-refractivity contribution in [3.05, 3.63) is 12.2 Å². The van der Waals surface area contributed by atoms with Gasteiger partial charge < -0.3 is 5.11 Å². The van der Waals surface area contributed by atoms with Crippen LogP contribution in [0.4, 0.5) is 0 Å². The van der Waals surface area contributed by atoms with Crippen molar-refractivity contribution in [2.45, 2.75) is 136 Å². The smallest absolute Gasteiger partial charge is 0.189 e. The number of aliphatic hydroxyl groups is 1. The van der Waals surface area contributed by atoms with E-state index < -0.39 is 0 Å². The summed E-state index contributed by atoms with van der Waals surface area (Å²) in [7, 11) is 0. The molecule has 1 heterocycles. The van der Waals surface area contributed by atoms with Crippen LogP contribution in [0, 0.1) is 0 Å². The summed E-state index contributed by atoms with van der Waals surface area (Å²) in [6.07, 6.45) is 28.3. The second-order valence-corrected chi connectivity index (χ2v) is 9.13. The molecule has 1 aliphatic rings. The highest BCUT2D eigenvalue weighted by Gasteiger charge is 2.41. The Bertz CT molecular complexity index is 432. The van der Waals surface area contributed by atoms with E-state index in [9.17, 15) is 5.11 Å². The van der Waals surface area contributed by atoms with Crippen molar-refractivity contribution < 1.29 is 9.59 Å². The first-order chi connectivity index (χ1) is 14.2. The zero-order valence-corrected chi connectivity index (χ0v) is 20.0. The van der Waals surface area contributed by atoms with E-state index >= 15 is 0 Å². The summed E-state index contributed by atoms with van der Waals surface area (Å²) in [6, 6.07) is 0. The standard InChI is InChI=1S/C26H51N2O/c1-4-6-7-8-9-10-11-12-13-14-15-16-17-18-19-20-21-22-26-27-23-24-28(26,5-2)25(3)29/h15-16,23,25-26,29H,4-14,17-22,24H2,1-3H3/q+1/b16-15+. The first-order valence-electron chi connectivity index (χ1n) is 12.9. The van der Waals surface area contributed by atoms with Crippen LogP contribution in [0.2, 0.25) is 0 Å². The van der Waals surface area contributed by atoms with Gasteiger partial charge in [0.05, 0.1) is 12.8 Å². The largest absolute Gasteiger partial charge is 0.345 e. The number of hydrogen-bond donors (Lipinski definition) is 1. The maximum absolute atomic E-state index is 10.2. The van der Waals surface area contributed by atoms with E-state index in [1.807, 2.05) is 13.1 Å². The monoisotopic (exact) mass is 407 g/mol. The fourth-order valence-corrected chi connectivity index (χ4v) is 4.66. The van der Waals surface area contributed by atoms with Gasteiger partial charge >= 0.3 is 0 Å². The number of quaternary nitrogens is 1. The quantitative estimate of drug-likeness (QED) is 0.135. The zero-order chi connectivity index (χ0) is 21.2. The van der Waals surface area contributed by atoms with Crippen molar-refractivity contribution in [2.24, 2.45) is 4.99 Å². The molecule has 3 unspecified atom stereocenters. The molecule has 3 atom stereocenters. The molecule has 0 spiro atoms. The minimum absolute atomic E-state index is 0.274.